The highest BCUT2D eigenvalue weighted by Crippen LogP contribution is 2.31. The van der Waals surface area contributed by atoms with Gasteiger partial charge in [0.2, 0.25) is 0 Å². The SMILES string of the molecule is O=C(O)CC[C@H](NC(=O)O)C(=O)Cc1ccc2cccc(OC[C@H]3CCCN3c3ncnc4nc[nH]c34)c2c1. The molecule has 0 saturated carbocycles. The van der Waals surface area contributed by atoms with Gasteiger partial charge in [-0.1, -0.05) is 24.3 Å². The lowest BCUT2D eigenvalue weighted by molar-refractivity contribution is -0.137. The highest BCUT2D eigenvalue weighted by molar-refractivity contribution is 5.92. The smallest absolute Gasteiger partial charge is 0.405 e. The fourth-order valence-electron chi connectivity index (χ4n) is 5.03. The number of hydrogen-bond donors (Lipinski definition) is 4. The van der Waals surface area contributed by atoms with Crippen LogP contribution >= 0.6 is 0 Å². The third-order valence-corrected chi connectivity index (χ3v) is 6.90. The van der Waals surface area contributed by atoms with Crippen LogP contribution < -0.4 is 15.0 Å². The van der Waals surface area contributed by atoms with Gasteiger partial charge in [0.05, 0.1) is 18.4 Å². The number of aliphatic carboxylic acids is 1. The molecule has 1 aliphatic heterocycles. The van der Waals surface area contributed by atoms with E-state index in [1.54, 1.807) is 6.33 Å². The molecule has 0 unspecified atom stereocenters. The molecule has 2 atom stereocenters. The molecule has 0 radical (unpaired) electrons. The number of imidazole rings is 1. The number of aromatic amines is 1. The molecule has 1 saturated heterocycles. The van der Waals surface area contributed by atoms with Crippen LogP contribution in [0.1, 0.15) is 31.2 Å². The quantitative estimate of drug-likeness (QED) is 0.225. The molecule has 1 fully saturated rings. The Bertz CT molecular complexity index is 1520. The Hall–Kier alpha value is -4.74. The minimum Gasteiger partial charge on any atom is -0.491 e. The Kier molecular flexibility index (Phi) is 7.53. The molecule has 12 nitrogen and oxygen atoms in total. The average Bonchev–Trinajstić information content (AvgIpc) is 3.59. The number of rotatable bonds is 11. The second-order valence-corrected chi connectivity index (χ2v) is 9.49. The Morgan fingerprint density at radius 1 is 1.15 bits per heavy atom. The maximum absolute atomic E-state index is 12.9. The number of H-pyrrole nitrogens is 1. The van der Waals surface area contributed by atoms with E-state index in [2.05, 4.69) is 30.2 Å². The number of hydrogen-bond acceptors (Lipinski definition) is 8. The van der Waals surface area contributed by atoms with Crippen LogP contribution in [0, 0.1) is 0 Å². The molecule has 2 aromatic carbocycles. The summed E-state index contributed by atoms with van der Waals surface area (Å²) in [5, 5.41) is 21.9. The molecule has 0 bridgehead atoms. The van der Waals surface area contributed by atoms with Crippen LogP contribution in [0.15, 0.2) is 49.1 Å². The molecular formula is C27H28N6O6. The second-order valence-electron chi connectivity index (χ2n) is 9.49. The summed E-state index contributed by atoms with van der Waals surface area (Å²) in [5.74, 6) is -0.0150. The van der Waals surface area contributed by atoms with E-state index in [0.717, 1.165) is 41.5 Å². The highest BCUT2D eigenvalue weighted by atomic mass is 16.5. The van der Waals surface area contributed by atoms with Crippen molar-refractivity contribution in [2.45, 2.75) is 44.2 Å². The summed E-state index contributed by atoms with van der Waals surface area (Å²) in [6, 6.07) is 10.3. The molecule has 4 aromatic rings. The lowest BCUT2D eigenvalue weighted by atomic mass is 9.98. The van der Waals surface area contributed by atoms with Gasteiger partial charge < -0.3 is 30.2 Å². The maximum Gasteiger partial charge on any atom is 0.405 e. The standard InChI is InChI=1S/C27H28N6O6/c34-21(20(32-27(37)38)8-9-23(35)36)12-16-6-7-17-3-1-5-22(19(17)11-16)39-13-18-4-2-10-33(18)26-24-25(29-14-28-24)30-15-31-26/h1,3,5-7,11,14-15,18,20,32H,2,4,8-10,12-13H2,(H,35,36)(H,37,38)(H,28,29,30,31)/t18-,20+/m1/s1. The number of nitrogens with one attached hydrogen (secondary N) is 2. The number of nitrogens with zero attached hydrogens (tertiary/aromatic N) is 4. The van der Waals surface area contributed by atoms with Crippen molar-refractivity contribution in [3.8, 4) is 5.75 Å². The zero-order valence-corrected chi connectivity index (χ0v) is 21.0. The number of benzene rings is 2. The van der Waals surface area contributed by atoms with E-state index < -0.39 is 23.9 Å². The fourth-order valence-corrected chi connectivity index (χ4v) is 5.03. The average molecular weight is 533 g/mol. The number of Topliss-reactive ketones (excluding diaryl/α,β-unsaturated/α-hetero) is 1. The van der Waals surface area contributed by atoms with Gasteiger partial charge in [-0.05, 0) is 42.3 Å². The topological polar surface area (TPSA) is 171 Å². The number of ether oxygens (including phenoxy) is 1. The van der Waals surface area contributed by atoms with Gasteiger partial charge in [-0.2, -0.15) is 0 Å². The van der Waals surface area contributed by atoms with Gasteiger partial charge >= 0.3 is 12.1 Å². The van der Waals surface area contributed by atoms with E-state index in [1.165, 1.54) is 6.33 Å². The lowest BCUT2D eigenvalue weighted by Crippen LogP contribution is -2.41. The third kappa shape index (κ3) is 5.89. The predicted octanol–water partition coefficient (Wildman–Crippen LogP) is 3.17. The molecule has 0 aliphatic carbocycles. The molecule has 1 amide bonds. The fraction of sp³-hybridized carbons (Fsp3) is 0.333. The Balaban J connectivity index is 1.32. The van der Waals surface area contributed by atoms with Crippen molar-refractivity contribution >= 4 is 45.6 Å². The number of carbonyl (C=O) groups excluding carboxylic acids is 1. The number of carbonyl (C=O) groups is 3. The van der Waals surface area contributed by atoms with Gasteiger partial charge in [0.25, 0.3) is 0 Å². The number of fused-ring (bicyclic) bond motifs is 2. The van der Waals surface area contributed by atoms with Crippen LogP contribution in [0.2, 0.25) is 0 Å². The predicted molar refractivity (Wildman–Crippen MR) is 142 cm³/mol. The molecule has 202 valence electrons. The normalized spacial score (nSPS) is 15.9. The van der Waals surface area contributed by atoms with Crippen LogP contribution in [0.4, 0.5) is 10.6 Å². The maximum atomic E-state index is 12.9. The molecule has 4 N–H and O–H groups in total. The van der Waals surface area contributed by atoms with E-state index in [4.69, 9.17) is 14.9 Å². The van der Waals surface area contributed by atoms with Gasteiger partial charge in [-0.25, -0.2) is 19.7 Å². The number of carboxylic acids is 1. The van der Waals surface area contributed by atoms with Crippen molar-refractivity contribution in [2.75, 3.05) is 18.1 Å². The number of amides is 1. The van der Waals surface area contributed by atoms with Crippen LogP contribution in [0.3, 0.4) is 0 Å². The first-order chi connectivity index (χ1) is 18.9. The highest BCUT2D eigenvalue weighted by Gasteiger charge is 2.28. The van der Waals surface area contributed by atoms with Crippen molar-refractivity contribution in [1.29, 1.82) is 0 Å². The number of aromatic nitrogens is 4. The molecule has 39 heavy (non-hydrogen) atoms. The first-order valence-corrected chi connectivity index (χ1v) is 12.7. The van der Waals surface area contributed by atoms with Crippen LogP contribution in [0.5, 0.6) is 5.75 Å². The molecule has 12 heteroatoms. The van der Waals surface area contributed by atoms with Gasteiger partial charge in [-0.15, -0.1) is 0 Å². The summed E-state index contributed by atoms with van der Waals surface area (Å²) in [7, 11) is 0. The van der Waals surface area contributed by atoms with E-state index in [9.17, 15) is 14.4 Å². The van der Waals surface area contributed by atoms with E-state index in [1.807, 2.05) is 36.4 Å². The molecule has 3 heterocycles. The summed E-state index contributed by atoms with van der Waals surface area (Å²) >= 11 is 0. The van der Waals surface area contributed by atoms with Gasteiger partial charge in [0, 0.05) is 24.8 Å². The number of carboxylic acid groups (broad SMARTS) is 2. The van der Waals surface area contributed by atoms with Crippen molar-refractivity contribution in [3.63, 3.8) is 0 Å². The van der Waals surface area contributed by atoms with Crippen LogP contribution in [0.25, 0.3) is 21.9 Å². The zero-order chi connectivity index (χ0) is 27.4. The summed E-state index contributed by atoms with van der Waals surface area (Å²) in [5.41, 5.74) is 2.09. The summed E-state index contributed by atoms with van der Waals surface area (Å²) in [6.07, 6.45) is 3.22. The summed E-state index contributed by atoms with van der Waals surface area (Å²) in [6.45, 7) is 1.27. The monoisotopic (exact) mass is 532 g/mol. The Labute approximate surface area is 223 Å². The summed E-state index contributed by atoms with van der Waals surface area (Å²) < 4.78 is 6.32. The minimum atomic E-state index is -1.37. The molecule has 2 aromatic heterocycles. The van der Waals surface area contributed by atoms with Crippen molar-refractivity contribution in [3.05, 3.63) is 54.6 Å². The lowest BCUT2D eigenvalue weighted by Gasteiger charge is -2.26. The van der Waals surface area contributed by atoms with Crippen LogP contribution in [-0.4, -0.2) is 73.2 Å². The Morgan fingerprint density at radius 2 is 2.03 bits per heavy atom. The summed E-state index contributed by atoms with van der Waals surface area (Å²) in [4.78, 5) is 53.2. The minimum absolute atomic E-state index is 0.0425. The molecular weight excluding hydrogens is 504 g/mol. The first-order valence-electron chi connectivity index (χ1n) is 12.7. The van der Waals surface area contributed by atoms with E-state index in [0.29, 0.717) is 23.6 Å². The second kappa shape index (κ2) is 11.3. The largest absolute Gasteiger partial charge is 0.491 e. The van der Waals surface area contributed by atoms with E-state index >= 15 is 0 Å². The van der Waals surface area contributed by atoms with Crippen molar-refractivity contribution in [1.82, 2.24) is 25.3 Å². The molecule has 1 aliphatic rings. The first kappa shape index (κ1) is 25.9. The third-order valence-electron chi connectivity index (χ3n) is 6.90. The van der Waals surface area contributed by atoms with Crippen molar-refractivity contribution < 1.29 is 29.3 Å². The number of anilines is 1. The van der Waals surface area contributed by atoms with Gasteiger partial charge in [-0.3, -0.25) is 9.59 Å². The van der Waals surface area contributed by atoms with Crippen LogP contribution in [-0.2, 0) is 16.0 Å². The van der Waals surface area contributed by atoms with Crippen molar-refractivity contribution in [2.24, 2.45) is 0 Å². The van der Waals surface area contributed by atoms with Gasteiger partial charge in [0.1, 0.15) is 24.2 Å². The van der Waals surface area contributed by atoms with E-state index in [-0.39, 0.29) is 25.3 Å². The zero-order valence-electron chi connectivity index (χ0n) is 21.0. The molecule has 5 rings (SSSR count). The van der Waals surface area contributed by atoms with Gasteiger partial charge in [0.15, 0.2) is 17.2 Å². The molecule has 0 spiro atoms. The Morgan fingerprint density at radius 3 is 2.85 bits per heavy atom. The number of ketones is 1.